The largest absolute Gasteiger partial charge is 0.449 e. The van der Waals surface area contributed by atoms with Crippen LogP contribution >= 0.6 is 0 Å². The summed E-state index contributed by atoms with van der Waals surface area (Å²) in [5.74, 6) is -3.76. The van der Waals surface area contributed by atoms with E-state index in [4.69, 9.17) is 4.74 Å². The molecule has 1 amide bonds. The molecule has 0 aliphatic carbocycles. The van der Waals surface area contributed by atoms with E-state index in [0.29, 0.717) is 12.5 Å². The zero-order valence-electron chi connectivity index (χ0n) is 12.2. The first-order valence-electron chi connectivity index (χ1n) is 6.84. The number of carbonyl (C=O) groups excluding carboxylic acids is 2. The van der Waals surface area contributed by atoms with Gasteiger partial charge in [0.25, 0.3) is 5.91 Å². The van der Waals surface area contributed by atoms with Crippen LogP contribution < -0.4 is 5.32 Å². The number of amides is 1. The standard InChI is InChI=1S/C14H15F2NO5S/c1-8(13(18)17-12-2-3-23(20,21)7-12)22-14(19)9-4-10(15)6-11(16)5-9/h4-6,8,12H,2-3,7H2,1H3,(H,17,18)/t8-,12+/m0/s1. The lowest BCUT2D eigenvalue weighted by atomic mass is 10.2. The monoisotopic (exact) mass is 347 g/mol. The third-order valence-electron chi connectivity index (χ3n) is 3.33. The fraction of sp³-hybridized carbons (Fsp3) is 0.429. The molecule has 0 saturated carbocycles. The molecule has 1 saturated heterocycles. The molecular weight excluding hydrogens is 332 g/mol. The first kappa shape index (κ1) is 17.3. The van der Waals surface area contributed by atoms with Crippen molar-refractivity contribution in [3.8, 4) is 0 Å². The predicted molar refractivity (Wildman–Crippen MR) is 76.4 cm³/mol. The Morgan fingerprint density at radius 3 is 2.39 bits per heavy atom. The lowest BCUT2D eigenvalue weighted by Crippen LogP contribution is -2.42. The highest BCUT2D eigenvalue weighted by molar-refractivity contribution is 7.91. The van der Waals surface area contributed by atoms with Gasteiger partial charge in [-0.25, -0.2) is 22.0 Å². The first-order valence-corrected chi connectivity index (χ1v) is 8.66. The predicted octanol–water partition coefficient (Wildman–Crippen LogP) is 0.813. The quantitative estimate of drug-likeness (QED) is 0.815. The van der Waals surface area contributed by atoms with Gasteiger partial charge >= 0.3 is 5.97 Å². The Bertz CT molecular complexity index is 714. The molecule has 1 aliphatic heterocycles. The Balaban J connectivity index is 1.94. The fourth-order valence-corrected chi connectivity index (χ4v) is 3.85. The summed E-state index contributed by atoms with van der Waals surface area (Å²) < 4.78 is 53.5. The van der Waals surface area contributed by atoms with E-state index in [-0.39, 0.29) is 17.1 Å². The third kappa shape index (κ3) is 4.72. The van der Waals surface area contributed by atoms with Gasteiger partial charge in [-0.3, -0.25) is 4.79 Å². The third-order valence-corrected chi connectivity index (χ3v) is 5.10. The molecule has 2 rings (SSSR count). The Kier molecular flexibility index (Phi) is 4.98. The van der Waals surface area contributed by atoms with Crippen LogP contribution in [0, 0.1) is 11.6 Å². The molecule has 1 N–H and O–H groups in total. The van der Waals surface area contributed by atoms with Gasteiger partial charge in [0.15, 0.2) is 15.9 Å². The summed E-state index contributed by atoms with van der Waals surface area (Å²) in [6, 6.07) is 1.66. The average Bonchev–Trinajstić information content (AvgIpc) is 2.76. The first-order chi connectivity index (χ1) is 10.7. The number of esters is 1. The SMILES string of the molecule is C[C@H](OC(=O)c1cc(F)cc(F)c1)C(=O)N[C@@H]1CCS(=O)(=O)C1. The second-order valence-corrected chi connectivity index (χ2v) is 7.54. The lowest BCUT2D eigenvalue weighted by Gasteiger charge is -2.16. The van der Waals surface area contributed by atoms with Gasteiger partial charge in [0.05, 0.1) is 17.1 Å². The zero-order valence-corrected chi connectivity index (χ0v) is 13.0. The maximum atomic E-state index is 13.0. The molecule has 0 bridgehead atoms. The van der Waals surface area contributed by atoms with Crippen LogP contribution in [0.2, 0.25) is 0 Å². The molecule has 23 heavy (non-hydrogen) atoms. The van der Waals surface area contributed by atoms with Crippen LogP contribution in [0.1, 0.15) is 23.7 Å². The van der Waals surface area contributed by atoms with Crippen LogP contribution in [0.4, 0.5) is 8.78 Å². The van der Waals surface area contributed by atoms with Crippen molar-refractivity contribution >= 4 is 21.7 Å². The van der Waals surface area contributed by atoms with Gasteiger partial charge in [0.1, 0.15) is 11.6 Å². The van der Waals surface area contributed by atoms with Crippen molar-refractivity contribution in [2.24, 2.45) is 0 Å². The highest BCUT2D eigenvalue weighted by atomic mass is 32.2. The second-order valence-electron chi connectivity index (χ2n) is 5.31. The number of benzene rings is 1. The molecule has 6 nitrogen and oxygen atoms in total. The summed E-state index contributed by atoms with van der Waals surface area (Å²) in [7, 11) is -3.15. The Morgan fingerprint density at radius 1 is 1.26 bits per heavy atom. The minimum Gasteiger partial charge on any atom is -0.449 e. The van der Waals surface area contributed by atoms with Crippen LogP contribution in [-0.4, -0.2) is 43.9 Å². The van der Waals surface area contributed by atoms with Crippen molar-refractivity contribution < 1.29 is 31.5 Å². The Labute approximate surface area is 131 Å². The number of hydrogen-bond acceptors (Lipinski definition) is 5. The molecule has 0 spiro atoms. The van der Waals surface area contributed by atoms with E-state index in [2.05, 4.69) is 5.32 Å². The zero-order chi connectivity index (χ0) is 17.2. The minimum absolute atomic E-state index is 0.00527. The molecule has 9 heteroatoms. The van der Waals surface area contributed by atoms with Gasteiger partial charge in [-0.1, -0.05) is 0 Å². The second kappa shape index (κ2) is 6.61. The molecule has 0 radical (unpaired) electrons. The highest BCUT2D eigenvalue weighted by Crippen LogP contribution is 2.13. The van der Waals surface area contributed by atoms with Crippen molar-refractivity contribution in [1.29, 1.82) is 0 Å². The number of nitrogens with one attached hydrogen (secondary N) is 1. The van der Waals surface area contributed by atoms with Crippen molar-refractivity contribution in [3.05, 3.63) is 35.4 Å². The van der Waals surface area contributed by atoms with Gasteiger partial charge in [0, 0.05) is 12.1 Å². The van der Waals surface area contributed by atoms with E-state index in [1.54, 1.807) is 0 Å². The molecule has 1 aromatic carbocycles. The average molecular weight is 347 g/mol. The van der Waals surface area contributed by atoms with E-state index in [1.807, 2.05) is 0 Å². The maximum Gasteiger partial charge on any atom is 0.339 e. The van der Waals surface area contributed by atoms with Crippen LogP contribution in [0.25, 0.3) is 0 Å². The van der Waals surface area contributed by atoms with E-state index in [9.17, 15) is 26.8 Å². The fourth-order valence-electron chi connectivity index (χ4n) is 2.18. The molecule has 126 valence electrons. The number of sulfone groups is 1. The molecule has 0 aromatic heterocycles. The number of ether oxygens (including phenoxy) is 1. The topological polar surface area (TPSA) is 89.5 Å². The Morgan fingerprint density at radius 2 is 1.87 bits per heavy atom. The van der Waals surface area contributed by atoms with Crippen molar-refractivity contribution in [1.82, 2.24) is 5.32 Å². The van der Waals surface area contributed by atoms with Gasteiger partial charge in [-0.2, -0.15) is 0 Å². The van der Waals surface area contributed by atoms with Crippen LogP contribution in [0.15, 0.2) is 18.2 Å². The molecule has 1 aliphatic rings. The number of carbonyl (C=O) groups is 2. The number of rotatable bonds is 4. The van der Waals surface area contributed by atoms with Crippen LogP contribution in [-0.2, 0) is 19.4 Å². The summed E-state index contributed by atoms with van der Waals surface area (Å²) in [5, 5.41) is 2.47. The Hall–Kier alpha value is -2.03. The molecule has 1 aromatic rings. The van der Waals surface area contributed by atoms with Gasteiger partial charge in [-0.15, -0.1) is 0 Å². The smallest absolute Gasteiger partial charge is 0.339 e. The van der Waals surface area contributed by atoms with E-state index < -0.39 is 45.5 Å². The van der Waals surface area contributed by atoms with Gasteiger partial charge in [-0.05, 0) is 25.5 Å². The molecule has 2 atom stereocenters. The van der Waals surface area contributed by atoms with Crippen molar-refractivity contribution in [2.45, 2.75) is 25.5 Å². The summed E-state index contributed by atoms with van der Waals surface area (Å²) in [6.45, 7) is 1.28. The summed E-state index contributed by atoms with van der Waals surface area (Å²) >= 11 is 0. The normalized spacial score (nSPS) is 20.7. The van der Waals surface area contributed by atoms with Crippen molar-refractivity contribution in [3.63, 3.8) is 0 Å². The molecule has 1 fully saturated rings. The minimum atomic E-state index is -3.15. The van der Waals surface area contributed by atoms with Gasteiger partial charge < -0.3 is 10.1 Å². The highest BCUT2D eigenvalue weighted by Gasteiger charge is 2.30. The van der Waals surface area contributed by atoms with E-state index >= 15 is 0 Å². The van der Waals surface area contributed by atoms with Gasteiger partial charge in [0.2, 0.25) is 0 Å². The summed E-state index contributed by atoms with van der Waals surface area (Å²) in [5.41, 5.74) is -0.356. The summed E-state index contributed by atoms with van der Waals surface area (Å²) in [4.78, 5) is 23.7. The van der Waals surface area contributed by atoms with E-state index in [0.717, 1.165) is 12.1 Å². The van der Waals surface area contributed by atoms with Crippen LogP contribution in [0.3, 0.4) is 0 Å². The lowest BCUT2D eigenvalue weighted by molar-refractivity contribution is -0.129. The van der Waals surface area contributed by atoms with Crippen molar-refractivity contribution in [2.75, 3.05) is 11.5 Å². The molecular formula is C14H15F2NO5S. The molecule has 0 unspecified atom stereocenters. The molecule has 1 heterocycles. The summed E-state index contributed by atoms with van der Waals surface area (Å²) in [6.07, 6.45) is -0.929. The van der Waals surface area contributed by atoms with Crippen LogP contribution in [0.5, 0.6) is 0 Å². The number of hydrogen-bond donors (Lipinski definition) is 1. The van der Waals surface area contributed by atoms with E-state index in [1.165, 1.54) is 6.92 Å². The maximum absolute atomic E-state index is 13.0. The number of halogens is 2.